The van der Waals surface area contributed by atoms with Crippen molar-refractivity contribution in [3.63, 3.8) is 0 Å². The van der Waals surface area contributed by atoms with Crippen molar-refractivity contribution in [1.29, 1.82) is 0 Å². The molecule has 0 radical (unpaired) electrons. The Balaban J connectivity index is 1.36. The summed E-state index contributed by atoms with van der Waals surface area (Å²) < 4.78 is 0. The largest absolute Gasteiger partial charge is 0.349 e. The van der Waals surface area contributed by atoms with Gasteiger partial charge in [-0.05, 0) is 36.6 Å². The lowest BCUT2D eigenvalue weighted by Crippen LogP contribution is -2.44. The van der Waals surface area contributed by atoms with E-state index in [1.807, 2.05) is 12.1 Å². The van der Waals surface area contributed by atoms with Gasteiger partial charge >= 0.3 is 0 Å². The van der Waals surface area contributed by atoms with Crippen molar-refractivity contribution in [2.45, 2.75) is 25.4 Å². The predicted molar refractivity (Wildman–Crippen MR) is 111 cm³/mol. The Hall–Kier alpha value is -2.01. The quantitative estimate of drug-likeness (QED) is 0.654. The van der Waals surface area contributed by atoms with Crippen LogP contribution in [0, 0.1) is 0 Å². The Bertz CT molecular complexity index is 947. The number of fused-ring (bicyclic) bond motifs is 1. The number of aromatic nitrogens is 1. The predicted octanol–water partition coefficient (Wildman–Crippen LogP) is 4.87. The maximum atomic E-state index is 12.7. The molecule has 1 aliphatic rings. The minimum Gasteiger partial charge on any atom is -0.349 e. The van der Waals surface area contributed by atoms with Gasteiger partial charge in [0.15, 0.2) is 0 Å². The summed E-state index contributed by atoms with van der Waals surface area (Å²) in [6.07, 6.45) is 1.87. The zero-order valence-electron chi connectivity index (χ0n) is 14.8. The fourth-order valence-corrected chi connectivity index (χ4v) is 4.08. The summed E-state index contributed by atoms with van der Waals surface area (Å²) in [4.78, 5) is 18.2. The maximum Gasteiger partial charge on any atom is 0.269 e. The molecule has 1 saturated heterocycles. The molecule has 3 aromatic rings. The molecular formula is C21H21Cl2N3O. The van der Waals surface area contributed by atoms with Gasteiger partial charge in [0.2, 0.25) is 0 Å². The van der Waals surface area contributed by atoms with Crippen LogP contribution < -0.4 is 5.32 Å². The molecule has 4 rings (SSSR count). The first-order valence-corrected chi connectivity index (χ1v) is 9.89. The first-order valence-electron chi connectivity index (χ1n) is 9.14. The Morgan fingerprint density at radius 1 is 1.11 bits per heavy atom. The number of halogens is 2. The van der Waals surface area contributed by atoms with Crippen LogP contribution in [0.25, 0.3) is 10.9 Å². The van der Waals surface area contributed by atoms with E-state index in [2.05, 4.69) is 39.5 Å². The highest BCUT2D eigenvalue weighted by atomic mass is 35.5. The van der Waals surface area contributed by atoms with Crippen molar-refractivity contribution in [3.8, 4) is 0 Å². The highest BCUT2D eigenvalue weighted by Crippen LogP contribution is 2.30. The summed E-state index contributed by atoms with van der Waals surface area (Å²) in [7, 11) is 0. The molecule has 1 amide bonds. The second kappa shape index (κ2) is 7.93. The molecule has 1 aliphatic heterocycles. The standard InChI is InChI=1S/C21H21Cl2N3O/c22-15-6-7-18-17(12-15)19(23)20(25-18)21(27)24-16-8-10-26(11-9-16)13-14-4-2-1-3-5-14/h1-7,12,16,25H,8-11,13H2,(H,24,27). The third kappa shape index (κ3) is 4.13. The molecule has 0 atom stereocenters. The van der Waals surface area contributed by atoms with E-state index in [1.165, 1.54) is 5.56 Å². The van der Waals surface area contributed by atoms with Crippen molar-refractivity contribution in [2.75, 3.05) is 13.1 Å². The normalized spacial score (nSPS) is 15.9. The molecule has 2 N–H and O–H groups in total. The van der Waals surface area contributed by atoms with Crippen LogP contribution in [-0.4, -0.2) is 34.9 Å². The molecule has 0 bridgehead atoms. The molecule has 1 aromatic heterocycles. The lowest BCUT2D eigenvalue weighted by molar-refractivity contribution is 0.0905. The first-order chi connectivity index (χ1) is 13.1. The average Bonchev–Trinajstić information content (AvgIpc) is 3.00. The zero-order chi connectivity index (χ0) is 18.8. The third-order valence-electron chi connectivity index (χ3n) is 5.10. The number of hydrogen-bond acceptors (Lipinski definition) is 2. The van der Waals surface area contributed by atoms with Crippen molar-refractivity contribution < 1.29 is 4.79 Å². The number of H-pyrrole nitrogens is 1. The molecule has 0 unspecified atom stereocenters. The smallest absolute Gasteiger partial charge is 0.269 e. The molecule has 1 fully saturated rings. The number of nitrogens with one attached hydrogen (secondary N) is 2. The van der Waals surface area contributed by atoms with Gasteiger partial charge in [-0.1, -0.05) is 53.5 Å². The van der Waals surface area contributed by atoms with E-state index in [4.69, 9.17) is 23.2 Å². The van der Waals surface area contributed by atoms with E-state index in [9.17, 15) is 4.79 Å². The van der Waals surface area contributed by atoms with E-state index in [0.717, 1.165) is 43.4 Å². The number of piperidine rings is 1. The summed E-state index contributed by atoms with van der Waals surface area (Å²) in [6, 6.07) is 16.0. The van der Waals surface area contributed by atoms with E-state index < -0.39 is 0 Å². The van der Waals surface area contributed by atoms with Gasteiger partial charge in [-0.15, -0.1) is 0 Å². The van der Waals surface area contributed by atoms with Crippen molar-refractivity contribution in [2.24, 2.45) is 0 Å². The Kier molecular flexibility index (Phi) is 5.39. The average molecular weight is 402 g/mol. The number of likely N-dealkylation sites (tertiary alicyclic amines) is 1. The lowest BCUT2D eigenvalue weighted by atomic mass is 10.0. The maximum absolute atomic E-state index is 12.7. The molecule has 0 aliphatic carbocycles. The molecule has 27 heavy (non-hydrogen) atoms. The van der Waals surface area contributed by atoms with Crippen LogP contribution in [-0.2, 0) is 6.54 Å². The minimum atomic E-state index is -0.158. The summed E-state index contributed by atoms with van der Waals surface area (Å²) in [5.74, 6) is -0.158. The highest BCUT2D eigenvalue weighted by molar-refractivity contribution is 6.39. The van der Waals surface area contributed by atoms with E-state index in [-0.39, 0.29) is 11.9 Å². The number of nitrogens with zero attached hydrogens (tertiary/aromatic N) is 1. The zero-order valence-corrected chi connectivity index (χ0v) is 16.4. The molecule has 0 spiro atoms. The number of amides is 1. The summed E-state index contributed by atoms with van der Waals surface area (Å²) in [5.41, 5.74) is 2.54. The van der Waals surface area contributed by atoms with Gasteiger partial charge in [-0.25, -0.2) is 0 Å². The molecule has 4 nitrogen and oxygen atoms in total. The molecule has 2 aromatic carbocycles. The fourth-order valence-electron chi connectivity index (χ4n) is 3.62. The number of benzene rings is 2. The van der Waals surface area contributed by atoms with Crippen LogP contribution in [0.2, 0.25) is 10.0 Å². The summed E-state index contributed by atoms with van der Waals surface area (Å²) in [5, 5.41) is 4.91. The summed E-state index contributed by atoms with van der Waals surface area (Å²) >= 11 is 12.4. The van der Waals surface area contributed by atoms with Gasteiger partial charge in [0.1, 0.15) is 5.69 Å². The number of carbonyl (C=O) groups is 1. The molecule has 2 heterocycles. The van der Waals surface area contributed by atoms with Gasteiger partial charge < -0.3 is 10.3 Å². The Morgan fingerprint density at radius 2 is 1.85 bits per heavy atom. The van der Waals surface area contributed by atoms with Gasteiger partial charge in [-0.2, -0.15) is 0 Å². The van der Waals surface area contributed by atoms with Crippen LogP contribution in [0.15, 0.2) is 48.5 Å². The second-order valence-electron chi connectivity index (χ2n) is 7.01. The SMILES string of the molecule is O=C(NC1CCN(Cc2ccccc2)CC1)c1[nH]c2ccc(Cl)cc2c1Cl. The first kappa shape index (κ1) is 18.4. The van der Waals surface area contributed by atoms with Gasteiger partial charge in [-0.3, -0.25) is 9.69 Å². The molecule has 140 valence electrons. The fraction of sp³-hybridized carbons (Fsp3) is 0.286. The van der Waals surface area contributed by atoms with Crippen LogP contribution in [0.4, 0.5) is 0 Å². The molecular weight excluding hydrogens is 381 g/mol. The third-order valence-corrected chi connectivity index (χ3v) is 5.72. The Labute approximate surface area is 168 Å². The van der Waals surface area contributed by atoms with Gasteiger partial charge in [0.25, 0.3) is 5.91 Å². The van der Waals surface area contributed by atoms with Gasteiger partial charge in [0.05, 0.1) is 5.02 Å². The number of hydrogen-bond donors (Lipinski definition) is 2. The van der Waals surface area contributed by atoms with Crippen LogP contribution in [0.5, 0.6) is 0 Å². The van der Waals surface area contributed by atoms with E-state index >= 15 is 0 Å². The topological polar surface area (TPSA) is 48.1 Å². The lowest BCUT2D eigenvalue weighted by Gasteiger charge is -2.32. The van der Waals surface area contributed by atoms with Crippen molar-refractivity contribution in [3.05, 3.63) is 69.8 Å². The van der Waals surface area contributed by atoms with Gasteiger partial charge in [0, 0.05) is 41.6 Å². The minimum absolute atomic E-state index is 0.158. The molecule has 6 heteroatoms. The van der Waals surface area contributed by atoms with Crippen LogP contribution in [0.3, 0.4) is 0 Å². The highest BCUT2D eigenvalue weighted by Gasteiger charge is 2.23. The number of rotatable bonds is 4. The van der Waals surface area contributed by atoms with E-state index in [0.29, 0.717) is 15.7 Å². The Morgan fingerprint density at radius 3 is 2.59 bits per heavy atom. The summed E-state index contributed by atoms with van der Waals surface area (Å²) in [6.45, 7) is 2.89. The number of aromatic amines is 1. The monoisotopic (exact) mass is 401 g/mol. The van der Waals surface area contributed by atoms with Crippen molar-refractivity contribution in [1.82, 2.24) is 15.2 Å². The number of carbonyl (C=O) groups excluding carboxylic acids is 1. The van der Waals surface area contributed by atoms with Crippen molar-refractivity contribution >= 4 is 40.0 Å². The molecule has 0 saturated carbocycles. The van der Waals surface area contributed by atoms with E-state index in [1.54, 1.807) is 12.1 Å². The second-order valence-corrected chi connectivity index (χ2v) is 7.83. The van der Waals surface area contributed by atoms with Crippen LogP contribution >= 0.6 is 23.2 Å². The van der Waals surface area contributed by atoms with Crippen LogP contribution in [0.1, 0.15) is 28.9 Å².